The quantitative estimate of drug-likeness (QED) is 0.750. The first-order chi connectivity index (χ1) is 10.7. The second-order valence-corrected chi connectivity index (χ2v) is 7.29. The number of carbonyl (C=O) groups excluding carboxylic acids is 1. The number of halogens is 1. The molecule has 0 heterocycles. The predicted molar refractivity (Wildman–Crippen MR) is 85.2 cm³/mol. The van der Waals surface area contributed by atoms with Crippen LogP contribution in [0.15, 0.2) is 23.1 Å². The van der Waals surface area contributed by atoms with E-state index < -0.39 is 27.8 Å². The van der Waals surface area contributed by atoms with E-state index in [0.29, 0.717) is 12.5 Å². The van der Waals surface area contributed by atoms with Gasteiger partial charge in [0.1, 0.15) is 16.5 Å². The lowest BCUT2D eigenvalue weighted by molar-refractivity contribution is -0.122. The van der Waals surface area contributed by atoms with E-state index in [1.807, 2.05) is 13.8 Å². The molecule has 1 unspecified atom stereocenters. The highest BCUT2D eigenvalue weighted by Crippen LogP contribution is 2.24. The summed E-state index contributed by atoms with van der Waals surface area (Å²) in [7, 11) is -2.80. The van der Waals surface area contributed by atoms with E-state index in [2.05, 4.69) is 10.0 Å². The van der Waals surface area contributed by atoms with Crippen molar-refractivity contribution < 1.29 is 22.3 Å². The average Bonchev–Trinajstić information content (AvgIpc) is 2.46. The highest BCUT2D eigenvalue weighted by Gasteiger charge is 2.25. The van der Waals surface area contributed by atoms with Crippen LogP contribution < -0.4 is 14.8 Å². The summed E-state index contributed by atoms with van der Waals surface area (Å²) in [5.74, 6) is -0.713. The number of carbonyl (C=O) groups is 1. The van der Waals surface area contributed by atoms with Gasteiger partial charge in [-0.2, -0.15) is 4.72 Å². The number of rotatable bonds is 8. The molecule has 0 saturated carbocycles. The second-order valence-electron chi connectivity index (χ2n) is 5.61. The Balaban J connectivity index is 2.82. The Labute approximate surface area is 136 Å². The maximum absolute atomic E-state index is 13.3. The molecule has 1 aromatic rings. The highest BCUT2D eigenvalue weighted by molar-refractivity contribution is 7.89. The molecular formula is C15H23FN2O4S. The molecule has 23 heavy (non-hydrogen) atoms. The van der Waals surface area contributed by atoms with Crippen LogP contribution in [0.3, 0.4) is 0 Å². The standard InChI is InChI=1S/C15H23FN2O4S/c1-10(2)7-8-17-15(19)11(3)18-23(20,21)14-9-12(16)5-6-13(14)22-4/h5-6,9-11,18H,7-8H2,1-4H3,(H,17,19). The van der Waals surface area contributed by atoms with Gasteiger partial charge >= 0.3 is 0 Å². The predicted octanol–water partition coefficient (Wildman–Crippen LogP) is 1.66. The van der Waals surface area contributed by atoms with Crippen molar-refractivity contribution >= 4 is 15.9 Å². The minimum absolute atomic E-state index is 0.00585. The molecule has 0 aromatic heterocycles. The molecule has 8 heteroatoms. The van der Waals surface area contributed by atoms with E-state index in [0.717, 1.165) is 18.6 Å². The minimum Gasteiger partial charge on any atom is -0.495 e. The van der Waals surface area contributed by atoms with Crippen molar-refractivity contribution in [2.24, 2.45) is 5.92 Å². The van der Waals surface area contributed by atoms with E-state index in [1.165, 1.54) is 20.1 Å². The molecule has 1 rings (SSSR count). The van der Waals surface area contributed by atoms with Crippen molar-refractivity contribution in [2.45, 2.75) is 38.1 Å². The normalized spacial score (nSPS) is 13.0. The summed E-state index contributed by atoms with van der Waals surface area (Å²) in [6.07, 6.45) is 0.795. The number of amides is 1. The molecule has 0 spiro atoms. The first-order valence-electron chi connectivity index (χ1n) is 7.31. The Bertz CT molecular complexity index is 647. The molecule has 1 aromatic carbocycles. The van der Waals surface area contributed by atoms with Gasteiger partial charge in [0.15, 0.2) is 0 Å². The number of ether oxygens (including phenoxy) is 1. The third kappa shape index (κ3) is 5.80. The molecule has 0 fully saturated rings. The van der Waals surface area contributed by atoms with E-state index in [-0.39, 0.29) is 10.6 Å². The second kappa shape index (κ2) is 8.26. The van der Waals surface area contributed by atoms with Gasteiger partial charge in [-0.3, -0.25) is 4.79 Å². The van der Waals surface area contributed by atoms with Gasteiger partial charge in [-0.1, -0.05) is 13.8 Å². The number of hydrogen-bond acceptors (Lipinski definition) is 4. The average molecular weight is 346 g/mol. The molecule has 0 aliphatic rings. The van der Waals surface area contributed by atoms with Crippen molar-refractivity contribution in [1.82, 2.24) is 10.0 Å². The molecule has 6 nitrogen and oxygen atoms in total. The lowest BCUT2D eigenvalue weighted by Gasteiger charge is -2.16. The fraction of sp³-hybridized carbons (Fsp3) is 0.533. The fourth-order valence-electron chi connectivity index (χ4n) is 1.85. The van der Waals surface area contributed by atoms with Crippen molar-refractivity contribution in [3.05, 3.63) is 24.0 Å². The molecule has 0 aliphatic carbocycles. The molecule has 0 radical (unpaired) electrons. The maximum Gasteiger partial charge on any atom is 0.245 e. The van der Waals surface area contributed by atoms with Gasteiger partial charge in [-0.15, -0.1) is 0 Å². The van der Waals surface area contributed by atoms with Gasteiger partial charge in [-0.05, 0) is 37.5 Å². The molecule has 1 atom stereocenters. The van der Waals surface area contributed by atoms with Crippen LogP contribution in [0.5, 0.6) is 5.75 Å². The zero-order valence-corrected chi connectivity index (χ0v) is 14.5. The van der Waals surface area contributed by atoms with Crippen LogP contribution in [0, 0.1) is 11.7 Å². The van der Waals surface area contributed by atoms with Crippen LogP contribution in [-0.4, -0.2) is 34.0 Å². The minimum atomic E-state index is -4.09. The van der Waals surface area contributed by atoms with Crippen LogP contribution >= 0.6 is 0 Å². The molecule has 0 saturated heterocycles. The third-order valence-electron chi connectivity index (χ3n) is 3.16. The lowest BCUT2D eigenvalue weighted by Crippen LogP contribution is -2.45. The van der Waals surface area contributed by atoms with E-state index in [9.17, 15) is 17.6 Å². The van der Waals surface area contributed by atoms with Gasteiger partial charge in [0.05, 0.1) is 13.2 Å². The van der Waals surface area contributed by atoms with Crippen LogP contribution in [0.25, 0.3) is 0 Å². The summed E-state index contributed by atoms with van der Waals surface area (Å²) in [6, 6.07) is 2.18. The first-order valence-corrected chi connectivity index (χ1v) is 8.79. The monoisotopic (exact) mass is 346 g/mol. The number of sulfonamides is 1. The Hall–Kier alpha value is -1.67. The van der Waals surface area contributed by atoms with Crippen molar-refractivity contribution in [2.75, 3.05) is 13.7 Å². The van der Waals surface area contributed by atoms with Gasteiger partial charge in [0.2, 0.25) is 15.9 Å². The molecule has 1 amide bonds. The van der Waals surface area contributed by atoms with Crippen LogP contribution in [0.2, 0.25) is 0 Å². The number of benzene rings is 1. The molecular weight excluding hydrogens is 323 g/mol. The van der Waals surface area contributed by atoms with E-state index >= 15 is 0 Å². The zero-order valence-electron chi connectivity index (χ0n) is 13.7. The van der Waals surface area contributed by atoms with Gasteiger partial charge in [0, 0.05) is 6.54 Å². The molecule has 130 valence electrons. The molecule has 0 aliphatic heterocycles. The fourth-order valence-corrected chi connectivity index (χ4v) is 3.23. The van der Waals surface area contributed by atoms with E-state index in [4.69, 9.17) is 4.74 Å². The van der Waals surface area contributed by atoms with Crippen LogP contribution in [0.4, 0.5) is 4.39 Å². The summed E-state index contributed by atoms with van der Waals surface area (Å²) in [5.41, 5.74) is 0. The maximum atomic E-state index is 13.3. The van der Waals surface area contributed by atoms with Crippen molar-refractivity contribution in [1.29, 1.82) is 0 Å². The van der Waals surface area contributed by atoms with Crippen LogP contribution in [0.1, 0.15) is 27.2 Å². The SMILES string of the molecule is COc1ccc(F)cc1S(=O)(=O)NC(C)C(=O)NCCC(C)C. The van der Waals surface area contributed by atoms with Crippen molar-refractivity contribution in [3.8, 4) is 5.75 Å². The smallest absolute Gasteiger partial charge is 0.245 e. The summed E-state index contributed by atoms with van der Waals surface area (Å²) < 4.78 is 45.1. The Morgan fingerprint density at radius 1 is 1.30 bits per heavy atom. The largest absolute Gasteiger partial charge is 0.495 e. The lowest BCUT2D eigenvalue weighted by atomic mass is 10.1. The highest BCUT2D eigenvalue weighted by atomic mass is 32.2. The van der Waals surface area contributed by atoms with Gasteiger partial charge in [-0.25, -0.2) is 12.8 Å². The van der Waals surface area contributed by atoms with Gasteiger partial charge < -0.3 is 10.1 Å². The third-order valence-corrected chi connectivity index (χ3v) is 4.72. The number of methoxy groups -OCH3 is 1. The first kappa shape index (κ1) is 19.4. The van der Waals surface area contributed by atoms with E-state index in [1.54, 1.807) is 0 Å². The summed E-state index contributed by atoms with van der Waals surface area (Å²) in [6.45, 7) is 5.93. The summed E-state index contributed by atoms with van der Waals surface area (Å²) >= 11 is 0. The number of hydrogen-bond donors (Lipinski definition) is 2. The van der Waals surface area contributed by atoms with Crippen molar-refractivity contribution in [3.63, 3.8) is 0 Å². The zero-order chi connectivity index (χ0) is 17.6. The topological polar surface area (TPSA) is 84.5 Å². The van der Waals surface area contributed by atoms with Crippen LogP contribution in [-0.2, 0) is 14.8 Å². The number of nitrogens with one attached hydrogen (secondary N) is 2. The Morgan fingerprint density at radius 3 is 2.52 bits per heavy atom. The molecule has 2 N–H and O–H groups in total. The molecule has 0 bridgehead atoms. The Morgan fingerprint density at radius 2 is 1.96 bits per heavy atom. The summed E-state index contributed by atoms with van der Waals surface area (Å²) in [5, 5.41) is 2.66. The Kier molecular flexibility index (Phi) is 6.96. The van der Waals surface area contributed by atoms with Gasteiger partial charge in [0.25, 0.3) is 0 Å². The summed E-state index contributed by atoms with van der Waals surface area (Å²) in [4.78, 5) is 11.6.